The van der Waals surface area contributed by atoms with E-state index in [1.807, 2.05) is 5.32 Å². The number of carbonyl (C=O) groups excluding carboxylic acids is 1. The van der Waals surface area contributed by atoms with Crippen molar-refractivity contribution in [2.45, 2.75) is 19.9 Å². The molecule has 1 amide bonds. The first-order chi connectivity index (χ1) is 9.65. The summed E-state index contributed by atoms with van der Waals surface area (Å²) < 4.78 is 27.0. The predicted octanol–water partition coefficient (Wildman–Crippen LogP) is 1.71. The molecule has 1 aromatic rings. The summed E-state index contributed by atoms with van der Waals surface area (Å²) in [5.74, 6) is -5.81. The van der Waals surface area contributed by atoms with Crippen LogP contribution < -0.4 is 5.32 Å². The number of nitro benzene ring substituents is 1. The van der Waals surface area contributed by atoms with Crippen molar-refractivity contribution in [3.05, 3.63) is 39.4 Å². The van der Waals surface area contributed by atoms with Gasteiger partial charge in [0, 0.05) is 0 Å². The van der Waals surface area contributed by atoms with Crippen LogP contribution in [0.1, 0.15) is 24.2 Å². The summed E-state index contributed by atoms with van der Waals surface area (Å²) in [5, 5.41) is 21.5. The summed E-state index contributed by atoms with van der Waals surface area (Å²) in [6.07, 6.45) is 0. The van der Waals surface area contributed by atoms with Crippen molar-refractivity contribution in [1.82, 2.24) is 5.32 Å². The Morgan fingerprint density at radius 2 is 1.90 bits per heavy atom. The zero-order valence-corrected chi connectivity index (χ0v) is 11.1. The molecule has 0 bridgehead atoms. The molecule has 114 valence electrons. The molecule has 1 atom stereocenters. The van der Waals surface area contributed by atoms with Crippen LogP contribution in [0.15, 0.2) is 12.1 Å². The standard InChI is InChI=1S/C12H12F2N2O5/c1-5(2)10(12(18)19)15-11(17)7-3-6(13)4-8(9(7)14)16(20)21/h3-5,10H,1-2H3,(H,15,17)(H,18,19)/t10-/m0/s1. The van der Waals surface area contributed by atoms with Gasteiger partial charge in [-0.05, 0) is 12.0 Å². The van der Waals surface area contributed by atoms with Crippen LogP contribution in [0, 0.1) is 27.7 Å². The maximum absolute atomic E-state index is 13.8. The van der Waals surface area contributed by atoms with Crippen LogP contribution in [0.3, 0.4) is 0 Å². The number of amides is 1. The molecule has 2 N–H and O–H groups in total. The quantitative estimate of drug-likeness (QED) is 0.635. The van der Waals surface area contributed by atoms with Gasteiger partial charge in [-0.25, -0.2) is 9.18 Å². The molecule has 0 aliphatic carbocycles. The number of nitro groups is 1. The first-order valence-corrected chi connectivity index (χ1v) is 5.82. The smallest absolute Gasteiger partial charge is 0.326 e. The number of nitrogens with zero attached hydrogens (tertiary/aromatic N) is 1. The van der Waals surface area contributed by atoms with Crippen LogP contribution in [0.5, 0.6) is 0 Å². The minimum absolute atomic E-state index is 0.337. The molecule has 0 fully saturated rings. The molecule has 7 nitrogen and oxygen atoms in total. The predicted molar refractivity (Wildman–Crippen MR) is 66.7 cm³/mol. The van der Waals surface area contributed by atoms with Crippen molar-refractivity contribution >= 4 is 17.6 Å². The van der Waals surface area contributed by atoms with Crippen molar-refractivity contribution in [2.24, 2.45) is 5.92 Å². The second-order valence-electron chi connectivity index (χ2n) is 4.58. The lowest BCUT2D eigenvalue weighted by Crippen LogP contribution is -2.44. The van der Waals surface area contributed by atoms with Crippen LogP contribution in [0.2, 0.25) is 0 Å². The molecule has 1 aromatic carbocycles. The van der Waals surface area contributed by atoms with E-state index in [1.165, 1.54) is 13.8 Å². The van der Waals surface area contributed by atoms with Crippen LogP contribution in [0.4, 0.5) is 14.5 Å². The normalized spacial score (nSPS) is 12.0. The summed E-state index contributed by atoms with van der Waals surface area (Å²) in [4.78, 5) is 32.1. The summed E-state index contributed by atoms with van der Waals surface area (Å²) in [7, 11) is 0. The number of rotatable bonds is 5. The van der Waals surface area contributed by atoms with E-state index in [1.54, 1.807) is 0 Å². The van der Waals surface area contributed by atoms with Crippen molar-refractivity contribution in [1.29, 1.82) is 0 Å². The van der Waals surface area contributed by atoms with Gasteiger partial charge in [0.1, 0.15) is 11.9 Å². The van der Waals surface area contributed by atoms with Gasteiger partial charge >= 0.3 is 11.7 Å². The van der Waals surface area contributed by atoms with Gasteiger partial charge in [0.2, 0.25) is 5.82 Å². The van der Waals surface area contributed by atoms with Crippen LogP contribution >= 0.6 is 0 Å². The average Bonchev–Trinajstić information content (AvgIpc) is 2.36. The minimum atomic E-state index is -1.52. The second kappa shape index (κ2) is 6.25. The van der Waals surface area contributed by atoms with E-state index >= 15 is 0 Å². The Morgan fingerprint density at radius 1 is 1.33 bits per heavy atom. The Labute approximate surface area is 117 Å². The highest BCUT2D eigenvalue weighted by Gasteiger charge is 2.28. The van der Waals surface area contributed by atoms with Crippen LogP contribution in [0.25, 0.3) is 0 Å². The summed E-state index contributed by atoms with van der Waals surface area (Å²) in [5.41, 5.74) is -2.12. The number of halogens is 2. The zero-order chi connectivity index (χ0) is 16.3. The van der Waals surface area contributed by atoms with E-state index in [9.17, 15) is 28.5 Å². The lowest BCUT2D eigenvalue weighted by molar-refractivity contribution is -0.387. The third kappa shape index (κ3) is 3.71. The highest BCUT2D eigenvalue weighted by atomic mass is 19.1. The molecule has 0 aromatic heterocycles. The fourth-order valence-corrected chi connectivity index (χ4v) is 1.61. The van der Waals surface area contributed by atoms with Crippen molar-refractivity contribution in [3.8, 4) is 0 Å². The molecule has 0 saturated heterocycles. The van der Waals surface area contributed by atoms with Crippen molar-refractivity contribution in [2.75, 3.05) is 0 Å². The van der Waals surface area contributed by atoms with Gasteiger partial charge in [-0.3, -0.25) is 14.9 Å². The lowest BCUT2D eigenvalue weighted by atomic mass is 10.0. The Bertz CT molecular complexity index is 604. The highest BCUT2D eigenvalue weighted by molar-refractivity contribution is 5.97. The fourth-order valence-electron chi connectivity index (χ4n) is 1.61. The van der Waals surface area contributed by atoms with Crippen molar-refractivity contribution in [3.63, 3.8) is 0 Å². The molecule has 0 spiro atoms. The second-order valence-corrected chi connectivity index (χ2v) is 4.58. The van der Waals surface area contributed by atoms with Gasteiger partial charge in [0.25, 0.3) is 5.91 Å². The maximum Gasteiger partial charge on any atom is 0.326 e. The highest BCUT2D eigenvalue weighted by Crippen LogP contribution is 2.22. The number of carboxylic acid groups (broad SMARTS) is 1. The number of nitrogens with one attached hydrogen (secondary N) is 1. The minimum Gasteiger partial charge on any atom is -0.480 e. The zero-order valence-electron chi connectivity index (χ0n) is 11.1. The van der Waals surface area contributed by atoms with Gasteiger partial charge in [-0.15, -0.1) is 0 Å². The van der Waals surface area contributed by atoms with Gasteiger partial charge < -0.3 is 10.4 Å². The molecule has 0 aliphatic heterocycles. The number of aliphatic carboxylic acids is 1. The molecule has 21 heavy (non-hydrogen) atoms. The molecular weight excluding hydrogens is 290 g/mol. The van der Waals surface area contributed by atoms with E-state index < -0.39 is 51.6 Å². The Hall–Kier alpha value is -2.58. The molecular formula is C12H12F2N2O5. The van der Waals surface area contributed by atoms with Gasteiger partial charge in [0.05, 0.1) is 16.6 Å². The van der Waals surface area contributed by atoms with Crippen molar-refractivity contribution < 1.29 is 28.4 Å². The molecule has 1 rings (SSSR count). The molecule has 0 unspecified atom stereocenters. The average molecular weight is 302 g/mol. The molecule has 9 heteroatoms. The fraction of sp³-hybridized carbons (Fsp3) is 0.333. The van der Waals surface area contributed by atoms with Gasteiger partial charge in [0.15, 0.2) is 0 Å². The summed E-state index contributed by atoms with van der Waals surface area (Å²) in [6.45, 7) is 3.01. The first-order valence-electron chi connectivity index (χ1n) is 5.82. The van der Waals surface area contributed by atoms with E-state index in [0.717, 1.165) is 0 Å². The molecule has 0 heterocycles. The lowest BCUT2D eigenvalue weighted by Gasteiger charge is -2.18. The SMILES string of the molecule is CC(C)[C@H](NC(=O)c1cc(F)cc([N+](=O)[O-])c1F)C(=O)O. The van der Waals surface area contributed by atoms with Crippen LogP contribution in [-0.4, -0.2) is 27.9 Å². The topological polar surface area (TPSA) is 110 Å². The van der Waals surface area contributed by atoms with E-state index in [-0.39, 0.29) is 0 Å². The first kappa shape index (κ1) is 16.5. The molecule has 0 radical (unpaired) electrons. The Morgan fingerprint density at radius 3 is 2.33 bits per heavy atom. The number of carboxylic acids is 1. The summed E-state index contributed by atoms with van der Waals surface area (Å²) >= 11 is 0. The Kier molecular flexibility index (Phi) is 4.90. The monoisotopic (exact) mass is 302 g/mol. The Balaban J connectivity index is 3.19. The number of hydrogen-bond donors (Lipinski definition) is 2. The van der Waals surface area contributed by atoms with Gasteiger partial charge in [-0.2, -0.15) is 4.39 Å². The number of carbonyl (C=O) groups is 2. The largest absolute Gasteiger partial charge is 0.480 e. The number of benzene rings is 1. The van der Waals surface area contributed by atoms with E-state index in [2.05, 4.69) is 0 Å². The number of hydrogen-bond acceptors (Lipinski definition) is 4. The van der Waals surface area contributed by atoms with E-state index in [4.69, 9.17) is 5.11 Å². The molecule has 0 aliphatic rings. The third-order valence-electron chi connectivity index (χ3n) is 2.68. The third-order valence-corrected chi connectivity index (χ3v) is 2.68. The van der Waals surface area contributed by atoms with Gasteiger partial charge in [-0.1, -0.05) is 13.8 Å². The summed E-state index contributed by atoms with van der Waals surface area (Å²) in [6, 6.07) is -0.528. The maximum atomic E-state index is 13.8. The van der Waals surface area contributed by atoms with E-state index in [0.29, 0.717) is 12.1 Å². The van der Waals surface area contributed by atoms with Crippen LogP contribution in [-0.2, 0) is 4.79 Å². The molecule has 0 saturated carbocycles.